The molecule has 17 heavy (non-hydrogen) atoms. The van der Waals surface area contributed by atoms with Crippen LogP contribution in [0.2, 0.25) is 0 Å². The Labute approximate surface area is 101 Å². The lowest BCUT2D eigenvalue weighted by Gasteiger charge is -2.21. The minimum Gasteiger partial charge on any atom is -0.465 e. The van der Waals surface area contributed by atoms with E-state index in [4.69, 9.17) is 4.74 Å². The maximum atomic E-state index is 11.7. The number of hydrogen-bond acceptors (Lipinski definition) is 5. The second kappa shape index (κ2) is 5.72. The molecule has 0 spiro atoms. The largest absolute Gasteiger partial charge is 0.465 e. The van der Waals surface area contributed by atoms with Crippen LogP contribution >= 0.6 is 0 Å². The molecule has 92 valence electrons. The number of ether oxygens (including phenoxy) is 1. The highest BCUT2D eigenvalue weighted by molar-refractivity contribution is 5.76. The molecule has 5 nitrogen and oxygen atoms in total. The van der Waals surface area contributed by atoms with Gasteiger partial charge in [0.05, 0.1) is 13.2 Å². The number of esters is 1. The van der Waals surface area contributed by atoms with E-state index in [2.05, 4.69) is 14.9 Å². The van der Waals surface area contributed by atoms with Crippen molar-refractivity contribution < 1.29 is 9.53 Å². The molecule has 0 amide bonds. The maximum Gasteiger partial charge on any atom is 0.323 e. The van der Waals surface area contributed by atoms with Crippen LogP contribution in [0.5, 0.6) is 0 Å². The van der Waals surface area contributed by atoms with Gasteiger partial charge in [0.25, 0.3) is 0 Å². The van der Waals surface area contributed by atoms with E-state index in [-0.39, 0.29) is 12.0 Å². The molecule has 5 heteroatoms. The molecule has 1 saturated heterocycles. The molecule has 1 unspecified atom stereocenters. The minimum atomic E-state index is -0.126. The van der Waals surface area contributed by atoms with Gasteiger partial charge in [-0.1, -0.05) is 0 Å². The summed E-state index contributed by atoms with van der Waals surface area (Å²) < 4.78 is 5.07. The van der Waals surface area contributed by atoms with Gasteiger partial charge in [0.2, 0.25) is 0 Å². The van der Waals surface area contributed by atoms with E-state index in [1.165, 1.54) is 0 Å². The molecule has 0 bridgehead atoms. The molecule has 1 atom stereocenters. The van der Waals surface area contributed by atoms with Crippen LogP contribution in [0.4, 0.5) is 0 Å². The van der Waals surface area contributed by atoms with E-state index < -0.39 is 0 Å². The number of rotatable bonds is 4. The summed E-state index contributed by atoms with van der Waals surface area (Å²) in [5.74, 6) is 0.629. The summed E-state index contributed by atoms with van der Waals surface area (Å²) in [7, 11) is 0. The molecule has 0 aromatic carbocycles. The number of carbonyl (C=O) groups excluding carboxylic acids is 1. The molecular weight excluding hydrogens is 218 g/mol. The Morgan fingerprint density at radius 3 is 3.00 bits per heavy atom. The number of likely N-dealkylation sites (tertiary alicyclic amines) is 1. The lowest BCUT2D eigenvalue weighted by atomic mass is 10.2. The van der Waals surface area contributed by atoms with Gasteiger partial charge < -0.3 is 4.74 Å². The predicted octanol–water partition coefficient (Wildman–Crippen LogP) is 1.00. The number of hydrogen-bond donors (Lipinski definition) is 0. The highest BCUT2D eigenvalue weighted by Gasteiger charge is 2.32. The van der Waals surface area contributed by atoms with Crippen molar-refractivity contribution in [2.75, 3.05) is 13.2 Å². The fraction of sp³-hybridized carbons (Fsp3) is 0.583. The van der Waals surface area contributed by atoms with Gasteiger partial charge in [-0.25, -0.2) is 9.97 Å². The van der Waals surface area contributed by atoms with E-state index in [0.29, 0.717) is 13.2 Å². The average molecular weight is 235 g/mol. The van der Waals surface area contributed by atoms with Crippen LogP contribution in [-0.2, 0) is 16.1 Å². The Balaban J connectivity index is 1.98. The highest BCUT2D eigenvalue weighted by Crippen LogP contribution is 2.19. The van der Waals surface area contributed by atoms with E-state index in [9.17, 15) is 4.79 Å². The van der Waals surface area contributed by atoms with Gasteiger partial charge in [-0.2, -0.15) is 0 Å². The molecule has 0 saturated carbocycles. The van der Waals surface area contributed by atoms with Gasteiger partial charge in [-0.05, 0) is 32.4 Å². The topological polar surface area (TPSA) is 55.3 Å². The fourth-order valence-electron chi connectivity index (χ4n) is 2.11. The smallest absolute Gasteiger partial charge is 0.323 e. The number of aromatic nitrogens is 2. The van der Waals surface area contributed by atoms with Crippen LogP contribution in [0.25, 0.3) is 0 Å². The summed E-state index contributed by atoms with van der Waals surface area (Å²) in [6.07, 6.45) is 5.33. The summed E-state index contributed by atoms with van der Waals surface area (Å²) in [4.78, 5) is 22.2. The van der Waals surface area contributed by atoms with Crippen molar-refractivity contribution in [3.05, 3.63) is 24.3 Å². The van der Waals surface area contributed by atoms with E-state index in [1.807, 2.05) is 6.92 Å². The van der Waals surface area contributed by atoms with Crippen molar-refractivity contribution in [3.63, 3.8) is 0 Å². The first-order valence-corrected chi connectivity index (χ1v) is 5.98. The molecule has 0 N–H and O–H groups in total. The van der Waals surface area contributed by atoms with Crippen LogP contribution in [0.3, 0.4) is 0 Å². The first-order chi connectivity index (χ1) is 8.31. The van der Waals surface area contributed by atoms with Gasteiger partial charge in [0.1, 0.15) is 11.9 Å². The molecule has 1 fully saturated rings. The van der Waals surface area contributed by atoms with Gasteiger partial charge in [-0.15, -0.1) is 0 Å². The zero-order chi connectivity index (χ0) is 12.1. The SMILES string of the molecule is CCOC(=O)C1CCCN1Cc1ncccn1. The summed E-state index contributed by atoms with van der Waals surface area (Å²) >= 11 is 0. The predicted molar refractivity (Wildman–Crippen MR) is 62.1 cm³/mol. The van der Waals surface area contributed by atoms with Crippen molar-refractivity contribution in [3.8, 4) is 0 Å². The molecule has 1 aliphatic heterocycles. The van der Waals surface area contributed by atoms with Gasteiger partial charge >= 0.3 is 5.97 Å². The fourth-order valence-corrected chi connectivity index (χ4v) is 2.11. The second-order valence-corrected chi connectivity index (χ2v) is 4.05. The number of carbonyl (C=O) groups is 1. The highest BCUT2D eigenvalue weighted by atomic mass is 16.5. The molecule has 1 aromatic heterocycles. The normalized spacial score (nSPS) is 20.4. The summed E-state index contributed by atoms with van der Waals surface area (Å²) in [6, 6.07) is 1.66. The third-order valence-electron chi connectivity index (χ3n) is 2.89. The van der Waals surface area contributed by atoms with E-state index in [1.54, 1.807) is 18.5 Å². The lowest BCUT2D eigenvalue weighted by Crippen LogP contribution is -2.37. The average Bonchev–Trinajstić information content (AvgIpc) is 2.79. The van der Waals surface area contributed by atoms with Crippen molar-refractivity contribution in [2.24, 2.45) is 0 Å². The standard InChI is InChI=1S/C12H17N3O2/c1-2-17-12(16)10-5-3-8-15(10)9-11-13-6-4-7-14-11/h4,6-7,10H,2-3,5,8-9H2,1H3. The van der Waals surface area contributed by atoms with Crippen LogP contribution in [-0.4, -0.2) is 40.0 Å². The van der Waals surface area contributed by atoms with Gasteiger partial charge in [0.15, 0.2) is 0 Å². The van der Waals surface area contributed by atoms with Crippen molar-refractivity contribution >= 4 is 5.97 Å². The zero-order valence-corrected chi connectivity index (χ0v) is 10.0. The first kappa shape index (κ1) is 12.0. The molecular formula is C12H17N3O2. The maximum absolute atomic E-state index is 11.7. The number of nitrogens with zero attached hydrogens (tertiary/aromatic N) is 3. The Morgan fingerprint density at radius 1 is 1.53 bits per heavy atom. The van der Waals surface area contributed by atoms with E-state index in [0.717, 1.165) is 25.2 Å². The monoisotopic (exact) mass is 235 g/mol. The lowest BCUT2D eigenvalue weighted by molar-refractivity contribution is -0.148. The summed E-state index contributed by atoms with van der Waals surface area (Å²) in [5, 5.41) is 0. The van der Waals surface area contributed by atoms with Crippen molar-refractivity contribution in [1.82, 2.24) is 14.9 Å². The first-order valence-electron chi connectivity index (χ1n) is 5.98. The van der Waals surface area contributed by atoms with Crippen molar-refractivity contribution in [2.45, 2.75) is 32.4 Å². The Bertz CT molecular complexity index is 369. The van der Waals surface area contributed by atoms with Gasteiger partial charge in [-0.3, -0.25) is 9.69 Å². The summed E-state index contributed by atoms with van der Waals surface area (Å²) in [6.45, 7) is 3.79. The minimum absolute atomic E-state index is 0.124. The van der Waals surface area contributed by atoms with Crippen LogP contribution in [0.1, 0.15) is 25.6 Å². The van der Waals surface area contributed by atoms with Crippen molar-refractivity contribution in [1.29, 1.82) is 0 Å². The van der Waals surface area contributed by atoms with Crippen LogP contribution in [0, 0.1) is 0 Å². The van der Waals surface area contributed by atoms with Gasteiger partial charge in [0, 0.05) is 12.4 Å². The third-order valence-corrected chi connectivity index (χ3v) is 2.89. The quantitative estimate of drug-likeness (QED) is 0.729. The molecule has 0 aliphatic carbocycles. The molecule has 1 aromatic rings. The zero-order valence-electron chi connectivity index (χ0n) is 10.0. The molecule has 0 radical (unpaired) electrons. The van der Waals surface area contributed by atoms with Crippen LogP contribution < -0.4 is 0 Å². The third kappa shape index (κ3) is 3.00. The molecule has 1 aliphatic rings. The Kier molecular flexibility index (Phi) is 4.03. The Morgan fingerprint density at radius 2 is 2.29 bits per heavy atom. The molecule has 2 heterocycles. The van der Waals surface area contributed by atoms with E-state index >= 15 is 0 Å². The summed E-state index contributed by atoms with van der Waals surface area (Å²) in [5.41, 5.74) is 0. The van der Waals surface area contributed by atoms with Crippen LogP contribution in [0.15, 0.2) is 18.5 Å². The molecule has 2 rings (SSSR count). The second-order valence-electron chi connectivity index (χ2n) is 4.05. The Hall–Kier alpha value is -1.49.